The van der Waals surface area contributed by atoms with Crippen molar-refractivity contribution in [3.8, 4) is 11.5 Å². The van der Waals surface area contributed by atoms with E-state index in [9.17, 15) is 14.7 Å². The Hall–Kier alpha value is -3.00. The minimum atomic E-state index is -0.764. The number of hydrogen-bond acceptors (Lipinski definition) is 5. The molecule has 3 rings (SSSR count). The van der Waals surface area contributed by atoms with Crippen molar-refractivity contribution in [1.82, 2.24) is 10.6 Å². The zero-order valence-electron chi connectivity index (χ0n) is 16.2. The van der Waals surface area contributed by atoms with Gasteiger partial charge in [0.05, 0.1) is 23.2 Å². The number of benzene rings is 2. The minimum absolute atomic E-state index is 0.0688. The Morgan fingerprint density at radius 1 is 1.21 bits per heavy atom. The summed E-state index contributed by atoms with van der Waals surface area (Å²) in [6.45, 7) is 3.73. The summed E-state index contributed by atoms with van der Waals surface area (Å²) in [6.07, 6.45) is 0. The normalized spacial score (nSPS) is 16.1. The van der Waals surface area contributed by atoms with Crippen molar-refractivity contribution in [3.05, 3.63) is 68.8 Å². The van der Waals surface area contributed by atoms with E-state index in [2.05, 4.69) is 26.6 Å². The van der Waals surface area contributed by atoms with Gasteiger partial charge in [0.25, 0.3) is 0 Å². The van der Waals surface area contributed by atoms with Crippen molar-refractivity contribution in [2.45, 2.75) is 26.5 Å². The van der Waals surface area contributed by atoms with Crippen molar-refractivity contribution in [2.75, 3.05) is 7.11 Å². The van der Waals surface area contributed by atoms with Gasteiger partial charge in [-0.2, -0.15) is 0 Å². The van der Waals surface area contributed by atoms with Crippen LogP contribution in [0.2, 0.25) is 0 Å². The predicted octanol–water partition coefficient (Wildman–Crippen LogP) is 3.84. The second kappa shape index (κ2) is 8.57. The van der Waals surface area contributed by atoms with Crippen LogP contribution in [0, 0.1) is 6.92 Å². The molecule has 2 amide bonds. The largest absolute Gasteiger partial charge is 0.503 e. The summed E-state index contributed by atoms with van der Waals surface area (Å²) in [4.78, 5) is 24.9. The average molecular weight is 461 g/mol. The maximum atomic E-state index is 12.9. The topological polar surface area (TPSA) is 96.9 Å². The zero-order valence-corrected chi connectivity index (χ0v) is 17.8. The van der Waals surface area contributed by atoms with Crippen molar-refractivity contribution in [3.63, 3.8) is 0 Å². The summed E-state index contributed by atoms with van der Waals surface area (Å²) in [5.74, 6) is -0.406. The average Bonchev–Trinajstić information content (AvgIpc) is 2.68. The summed E-state index contributed by atoms with van der Waals surface area (Å²) >= 11 is 3.27. The van der Waals surface area contributed by atoms with Crippen LogP contribution in [0.3, 0.4) is 0 Å². The van der Waals surface area contributed by atoms with E-state index in [-0.39, 0.29) is 23.7 Å². The molecule has 1 atom stereocenters. The molecule has 152 valence electrons. The number of hydrogen-bond donors (Lipinski definition) is 3. The zero-order chi connectivity index (χ0) is 21.1. The number of halogens is 1. The number of ether oxygens (including phenoxy) is 2. The first kappa shape index (κ1) is 20.7. The molecule has 1 aliphatic heterocycles. The molecule has 0 fully saturated rings. The van der Waals surface area contributed by atoms with E-state index < -0.39 is 18.0 Å². The number of carbonyl (C=O) groups excluding carboxylic acids is 2. The van der Waals surface area contributed by atoms with Crippen LogP contribution in [0.25, 0.3) is 0 Å². The van der Waals surface area contributed by atoms with E-state index in [1.165, 1.54) is 7.11 Å². The number of nitrogens with one attached hydrogen (secondary N) is 2. The van der Waals surface area contributed by atoms with E-state index in [0.717, 1.165) is 11.1 Å². The molecular weight excluding hydrogens is 440 g/mol. The van der Waals surface area contributed by atoms with Crippen LogP contribution in [0.5, 0.6) is 11.5 Å². The van der Waals surface area contributed by atoms with Gasteiger partial charge in [0.2, 0.25) is 0 Å². The lowest BCUT2D eigenvalue weighted by molar-refractivity contribution is -0.140. The third-order valence-corrected chi connectivity index (χ3v) is 5.19. The van der Waals surface area contributed by atoms with Crippen molar-refractivity contribution in [1.29, 1.82) is 0 Å². The van der Waals surface area contributed by atoms with Crippen LogP contribution in [0.4, 0.5) is 4.79 Å². The molecule has 0 radical (unpaired) electrons. The highest BCUT2D eigenvalue weighted by Gasteiger charge is 2.33. The van der Waals surface area contributed by atoms with E-state index in [1.54, 1.807) is 19.1 Å². The van der Waals surface area contributed by atoms with Gasteiger partial charge >= 0.3 is 12.0 Å². The highest BCUT2D eigenvalue weighted by Crippen LogP contribution is 2.39. The van der Waals surface area contributed by atoms with E-state index in [0.29, 0.717) is 15.7 Å². The van der Waals surface area contributed by atoms with Gasteiger partial charge in [0.15, 0.2) is 11.5 Å². The Kier molecular flexibility index (Phi) is 6.12. The van der Waals surface area contributed by atoms with Gasteiger partial charge in [0.1, 0.15) is 6.61 Å². The molecule has 0 saturated carbocycles. The number of carbonyl (C=O) groups is 2. The molecule has 0 aromatic heterocycles. The number of amides is 2. The highest BCUT2D eigenvalue weighted by molar-refractivity contribution is 9.10. The predicted molar refractivity (Wildman–Crippen MR) is 110 cm³/mol. The number of methoxy groups -OCH3 is 1. The fraction of sp³-hybridized carbons (Fsp3) is 0.238. The summed E-state index contributed by atoms with van der Waals surface area (Å²) in [5.41, 5.74) is 3.21. The molecule has 3 N–H and O–H groups in total. The van der Waals surface area contributed by atoms with E-state index in [1.807, 2.05) is 31.2 Å². The molecule has 2 aromatic carbocycles. The SMILES string of the molecule is COc1cc(C2NC(=O)NC(C)=C2C(=O)OCc2ccc(C)cc2)cc(Br)c1O. The Balaban J connectivity index is 1.90. The van der Waals surface area contributed by atoms with Crippen LogP contribution in [-0.4, -0.2) is 24.2 Å². The maximum Gasteiger partial charge on any atom is 0.338 e. The first-order valence-electron chi connectivity index (χ1n) is 8.87. The molecule has 0 aliphatic carbocycles. The van der Waals surface area contributed by atoms with Crippen molar-refractivity contribution < 1.29 is 24.2 Å². The van der Waals surface area contributed by atoms with Crippen LogP contribution in [0.15, 0.2) is 52.1 Å². The molecule has 7 nitrogen and oxygen atoms in total. The number of phenols is 1. The lowest BCUT2D eigenvalue weighted by Crippen LogP contribution is -2.45. The van der Waals surface area contributed by atoms with Gasteiger partial charge in [-0.25, -0.2) is 9.59 Å². The Bertz CT molecular complexity index is 985. The minimum Gasteiger partial charge on any atom is -0.503 e. The number of urea groups is 1. The van der Waals surface area contributed by atoms with Gasteiger partial charge < -0.3 is 25.2 Å². The van der Waals surface area contributed by atoms with Gasteiger partial charge in [-0.05, 0) is 53.0 Å². The lowest BCUT2D eigenvalue weighted by Gasteiger charge is -2.28. The summed E-state index contributed by atoms with van der Waals surface area (Å²) < 4.78 is 11.1. The molecular formula is C21H21BrN2O5. The second-order valence-corrected chi connectivity index (χ2v) is 7.54. The summed E-state index contributed by atoms with van der Waals surface area (Å²) in [5, 5.41) is 15.4. The van der Waals surface area contributed by atoms with Crippen LogP contribution in [0.1, 0.15) is 29.7 Å². The van der Waals surface area contributed by atoms with Gasteiger partial charge in [-0.1, -0.05) is 29.8 Å². The number of aromatic hydroxyl groups is 1. The van der Waals surface area contributed by atoms with Crippen LogP contribution in [-0.2, 0) is 16.1 Å². The van der Waals surface area contributed by atoms with Gasteiger partial charge in [0, 0.05) is 5.70 Å². The van der Waals surface area contributed by atoms with Crippen molar-refractivity contribution >= 4 is 27.9 Å². The Labute approximate surface area is 176 Å². The van der Waals surface area contributed by atoms with Crippen molar-refractivity contribution in [2.24, 2.45) is 0 Å². The maximum absolute atomic E-state index is 12.9. The lowest BCUT2D eigenvalue weighted by atomic mass is 9.95. The monoisotopic (exact) mass is 460 g/mol. The molecule has 1 heterocycles. The molecule has 0 bridgehead atoms. The Morgan fingerprint density at radius 3 is 2.55 bits per heavy atom. The number of allylic oxidation sites excluding steroid dienone is 1. The number of esters is 1. The first-order valence-corrected chi connectivity index (χ1v) is 9.66. The third-order valence-electron chi connectivity index (χ3n) is 4.58. The number of aryl methyl sites for hydroxylation is 1. The summed E-state index contributed by atoms with van der Waals surface area (Å²) in [7, 11) is 1.42. The van der Waals surface area contributed by atoms with Gasteiger partial charge in [-0.15, -0.1) is 0 Å². The quantitative estimate of drug-likeness (QED) is 0.588. The van der Waals surface area contributed by atoms with E-state index in [4.69, 9.17) is 9.47 Å². The Morgan fingerprint density at radius 2 is 1.90 bits per heavy atom. The van der Waals surface area contributed by atoms with E-state index >= 15 is 0 Å². The second-order valence-electron chi connectivity index (χ2n) is 6.69. The highest BCUT2D eigenvalue weighted by atomic mass is 79.9. The smallest absolute Gasteiger partial charge is 0.338 e. The van der Waals surface area contributed by atoms with Gasteiger partial charge in [-0.3, -0.25) is 0 Å². The fourth-order valence-electron chi connectivity index (χ4n) is 3.04. The third kappa shape index (κ3) is 4.54. The molecule has 0 saturated heterocycles. The molecule has 8 heteroatoms. The fourth-order valence-corrected chi connectivity index (χ4v) is 3.50. The first-order chi connectivity index (χ1) is 13.8. The molecule has 1 unspecified atom stereocenters. The molecule has 29 heavy (non-hydrogen) atoms. The standard InChI is InChI=1S/C21H21BrN2O5/c1-11-4-6-13(7-5-11)10-29-20(26)17-12(2)23-21(27)24-18(17)14-8-15(22)19(25)16(9-14)28-3/h4-9,18,25H,10H2,1-3H3,(H2,23,24,27). The number of phenolic OH excluding ortho intramolecular Hbond substituents is 1. The summed E-state index contributed by atoms with van der Waals surface area (Å²) in [6, 6.07) is 9.66. The van der Waals surface area contributed by atoms with Crippen LogP contribution < -0.4 is 15.4 Å². The number of rotatable bonds is 5. The molecule has 2 aromatic rings. The molecule has 0 spiro atoms. The molecule has 1 aliphatic rings. The van der Waals surface area contributed by atoms with Crippen LogP contribution >= 0.6 is 15.9 Å².